The van der Waals surface area contributed by atoms with Gasteiger partial charge in [-0.25, -0.2) is 4.98 Å². The number of fused-ring (bicyclic) bond motifs is 3. The van der Waals surface area contributed by atoms with Crippen molar-refractivity contribution in [3.63, 3.8) is 0 Å². The zero-order chi connectivity index (χ0) is 36.5. The standard InChI is InChI=1S/C47H52N4O.Pt/c1-9-10-16-35-23-24-48-45(25-35)50-42-18-12-11-17-40(42)41-21-20-38(29-44(41)50)52-39-27-36(31(4)5)26-37(28-39)51-43(22-19-30(2)3)47(34(8)49-51)46-32(6)14-13-15-33(46)7;/h11-12,14,17-18,20-21,23-27,30,33,46H,4,9-10,13,15-16,19,22H2,1-3,5-8H3;/q-2;+2/t33-,46?;/m0./s1. The SMILES string of the molecule is C=C(C)c1cc(Oc2[c-]c3c(cc2)c2ccccc2n3-c2cc(CCCC)ccn2)[c-]c(-n2nc(C)c(C3C(C)=CCC[C@@H]3C)c2CCC(C)C)c1.[Pt+2]. The van der Waals surface area contributed by atoms with Crippen molar-refractivity contribution in [3.8, 4) is 23.0 Å². The van der Waals surface area contributed by atoms with E-state index in [-0.39, 0.29) is 21.1 Å². The Kier molecular flexibility index (Phi) is 11.9. The first-order valence-corrected chi connectivity index (χ1v) is 19.2. The molecule has 53 heavy (non-hydrogen) atoms. The van der Waals surface area contributed by atoms with Gasteiger partial charge in [-0.2, -0.15) is 11.2 Å². The number of rotatable bonds is 12. The monoisotopic (exact) mass is 883 g/mol. The molecule has 0 N–H and O–H groups in total. The quantitative estimate of drug-likeness (QED) is 0.0908. The van der Waals surface area contributed by atoms with E-state index in [0.29, 0.717) is 29.3 Å². The van der Waals surface area contributed by atoms with Gasteiger partial charge in [0.1, 0.15) is 5.82 Å². The molecule has 0 aliphatic heterocycles. The number of aryl methyl sites for hydroxylation is 2. The normalized spacial score (nSPS) is 15.9. The first kappa shape index (κ1) is 38.5. The first-order chi connectivity index (χ1) is 25.1. The van der Waals surface area contributed by atoms with E-state index in [1.54, 1.807) is 0 Å². The van der Waals surface area contributed by atoms with Crippen molar-refractivity contribution in [3.05, 3.63) is 125 Å². The first-order valence-electron chi connectivity index (χ1n) is 19.2. The van der Waals surface area contributed by atoms with Gasteiger partial charge in [0.2, 0.25) is 0 Å². The molecule has 1 aliphatic carbocycles. The minimum Gasteiger partial charge on any atom is -0.509 e. The summed E-state index contributed by atoms with van der Waals surface area (Å²) >= 11 is 0. The number of ether oxygens (including phenoxy) is 1. The van der Waals surface area contributed by atoms with Crippen molar-refractivity contribution in [2.45, 2.75) is 99.3 Å². The molecule has 5 nitrogen and oxygen atoms in total. The number of benzene rings is 3. The summed E-state index contributed by atoms with van der Waals surface area (Å²) in [7, 11) is 0. The minimum atomic E-state index is 0. The van der Waals surface area contributed by atoms with Crippen molar-refractivity contribution < 1.29 is 25.8 Å². The molecule has 7 rings (SSSR count). The molecule has 0 bridgehead atoms. The average molecular weight is 884 g/mol. The van der Waals surface area contributed by atoms with Gasteiger partial charge in [-0.15, -0.1) is 41.3 Å². The molecule has 0 fully saturated rings. The third-order valence-electron chi connectivity index (χ3n) is 10.8. The van der Waals surface area contributed by atoms with Crippen LogP contribution < -0.4 is 4.74 Å². The minimum absolute atomic E-state index is 0. The summed E-state index contributed by atoms with van der Waals surface area (Å²) in [6.45, 7) is 20.1. The predicted molar refractivity (Wildman–Crippen MR) is 216 cm³/mol. The second kappa shape index (κ2) is 16.4. The molecule has 0 amide bonds. The van der Waals surface area contributed by atoms with Crippen molar-refractivity contribution in [2.75, 3.05) is 0 Å². The number of allylic oxidation sites excluding steroid dienone is 3. The van der Waals surface area contributed by atoms with Crippen LogP contribution in [0.1, 0.15) is 108 Å². The Morgan fingerprint density at radius 1 is 1.00 bits per heavy atom. The van der Waals surface area contributed by atoms with Crippen molar-refractivity contribution >= 4 is 27.4 Å². The van der Waals surface area contributed by atoms with Crippen LogP contribution in [0.3, 0.4) is 0 Å². The Balaban J connectivity index is 0.00000481. The van der Waals surface area contributed by atoms with E-state index in [0.717, 1.165) is 88.7 Å². The Morgan fingerprint density at radius 2 is 1.81 bits per heavy atom. The molecule has 6 aromatic rings. The van der Waals surface area contributed by atoms with Crippen LogP contribution in [0.5, 0.6) is 11.5 Å². The van der Waals surface area contributed by atoms with Crippen LogP contribution in [-0.4, -0.2) is 19.3 Å². The van der Waals surface area contributed by atoms with Crippen LogP contribution in [0.4, 0.5) is 0 Å². The van der Waals surface area contributed by atoms with Crippen LogP contribution in [0, 0.1) is 30.9 Å². The number of hydrogen-bond donors (Lipinski definition) is 0. The third kappa shape index (κ3) is 7.88. The van der Waals surface area contributed by atoms with Gasteiger partial charge in [-0.05, 0) is 106 Å². The van der Waals surface area contributed by atoms with E-state index in [4.69, 9.17) is 14.8 Å². The van der Waals surface area contributed by atoms with Gasteiger partial charge in [0.05, 0.1) is 5.69 Å². The fourth-order valence-electron chi connectivity index (χ4n) is 8.04. The van der Waals surface area contributed by atoms with Gasteiger partial charge < -0.3 is 9.30 Å². The summed E-state index contributed by atoms with van der Waals surface area (Å²) in [5, 5.41) is 7.52. The number of aromatic nitrogens is 4. The summed E-state index contributed by atoms with van der Waals surface area (Å²) in [6.07, 6.45) is 12.1. The average Bonchev–Trinajstić information content (AvgIpc) is 3.63. The topological polar surface area (TPSA) is 44.9 Å². The second-order valence-corrected chi connectivity index (χ2v) is 15.3. The molecule has 0 spiro atoms. The van der Waals surface area contributed by atoms with Gasteiger partial charge >= 0.3 is 21.1 Å². The van der Waals surface area contributed by atoms with E-state index in [1.165, 1.54) is 28.8 Å². The van der Waals surface area contributed by atoms with E-state index in [2.05, 4.69) is 124 Å². The largest absolute Gasteiger partial charge is 2.00 e. The smallest absolute Gasteiger partial charge is 0.509 e. The molecular formula is C47H52N4OPt. The number of pyridine rings is 1. The van der Waals surface area contributed by atoms with Crippen LogP contribution in [-0.2, 0) is 33.9 Å². The maximum Gasteiger partial charge on any atom is 2.00 e. The molecule has 2 atom stereocenters. The second-order valence-electron chi connectivity index (χ2n) is 15.3. The van der Waals surface area contributed by atoms with E-state index in [9.17, 15) is 0 Å². The molecule has 1 unspecified atom stereocenters. The van der Waals surface area contributed by atoms with Crippen molar-refractivity contribution in [1.82, 2.24) is 19.3 Å². The van der Waals surface area contributed by atoms with E-state index < -0.39 is 0 Å². The summed E-state index contributed by atoms with van der Waals surface area (Å²) in [4.78, 5) is 4.84. The van der Waals surface area contributed by atoms with Gasteiger partial charge in [-0.3, -0.25) is 4.68 Å². The summed E-state index contributed by atoms with van der Waals surface area (Å²) < 4.78 is 11.0. The van der Waals surface area contributed by atoms with E-state index in [1.807, 2.05) is 25.3 Å². The summed E-state index contributed by atoms with van der Waals surface area (Å²) in [6, 6.07) is 28.4. The molecule has 276 valence electrons. The molecule has 1 aliphatic rings. The Labute approximate surface area is 330 Å². The molecule has 3 aromatic carbocycles. The van der Waals surface area contributed by atoms with Crippen LogP contribution in [0.2, 0.25) is 0 Å². The molecule has 6 heteroatoms. The molecule has 3 aromatic heterocycles. The maximum atomic E-state index is 6.69. The third-order valence-corrected chi connectivity index (χ3v) is 10.8. The molecule has 0 saturated carbocycles. The van der Waals surface area contributed by atoms with Gasteiger partial charge in [-0.1, -0.05) is 81.6 Å². The van der Waals surface area contributed by atoms with E-state index >= 15 is 0 Å². The molecular weight excluding hydrogens is 832 g/mol. The predicted octanol–water partition coefficient (Wildman–Crippen LogP) is 12.5. The zero-order valence-corrected chi connectivity index (χ0v) is 34.6. The molecule has 3 heterocycles. The number of unbranched alkanes of at least 4 members (excludes halogenated alkanes) is 1. The molecule has 0 saturated heterocycles. The number of hydrogen-bond acceptors (Lipinski definition) is 3. The Hall–Kier alpha value is -4.21. The van der Waals surface area contributed by atoms with Gasteiger partial charge in [0.25, 0.3) is 0 Å². The van der Waals surface area contributed by atoms with Gasteiger partial charge in [0, 0.05) is 40.4 Å². The van der Waals surface area contributed by atoms with Gasteiger partial charge in [0.15, 0.2) is 0 Å². The summed E-state index contributed by atoms with van der Waals surface area (Å²) in [5.41, 5.74) is 11.4. The summed E-state index contributed by atoms with van der Waals surface area (Å²) in [5.74, 6) is 3.64. The zero-order valence-electron chi connectivity index (χ0n) is 32.3. The van der Waals surface area contributed by atoms with Crippen LogP contribution in [0.25, 0.3) is 38.9 Å². The fraction of sp³-hybridized carbons (Fsp3) is 0.362. The van der Waals surface area contributed by atoms with Crippen molar-refractivity contribution in [2.24, 2.45) is 11.8 Å². The number of para-hydroxylation sites is 1. The Morgan fingerprint density at radius 3 is 2.57 bits per heavy atom. The molecule has 0 radical (unpaired) electrons. The number of nitrogens with zero attached hydrogens (tertiary/aromatic N) is 4. The fourth-order valence-corrected chi connectivity index (χ4v) is 8.04. The van der Waals surface area contributed by atoms with Crippen molar-refractivity contribution in [1.29, 1.82) is 0 Å². The van der Waals surface area contributed by atoms with Crippen LogP contribution >= 0.6 is 0 Å². The Bertz CT molecular complexity index is 2290. The van der Waals surface area contributed by atoms with Crippen LogP contribution in [0.15, 0.2) is 85.1 Å². The maximum absolute atomic E-state index is 6.69.